The van der Waals surface area contributed by atoms with Crippen molar-refractivity contribution >= 4 is 0 Å². The molecular formula is C8H8FN3. The van der Waals surface area contributed by atoms with E-state index in [0.29, 0.717) is 5.56 Å². The number of hydrazine groups is 1. The second-order valence-electron chi connectivity index (χ2n) is 2.20. The van der Waals surface area contributed by atoms with E-state index >= 15 is 0 Å². The molecule has 0 saturated heterocycles. The molecule has 0 fully saturated rings. The van der Waals surface area contributed by atoms with Crippen molar-refractivity contribution in [2.24, 2.45) is 5.84 Å². The average Bonchev–Trinajstić information content (AvgIpc) is 2.07. The van der Waals surface area contributed by atoms with E-state index in [-0.39, 0.29) is 0 Å². The Hall–Kier alpha value is -1.44. The maximum Gasteiger partial charge on any atom is 0.141 e. The van der Waals surface area contributed by atoms with Crippen molar-refractivity contribution < 1.29 is 4.39 Å². The van der Waals surface area contributed by atoms with E-state index in [4.69, 9.17) is 12.3 Å². The second kappa shape index (κ2) is 3.81. The molecule has 0 aliphatic rings. The number of terminal acetylenes is 1. The number of hydrogen-bond acceptors (Lipinski definition) is 3. The summed E-state index contributed by atoms with van der Waals surface area (Å²) in [7, 11) is 0. The minimum atomic E-state index is -0.492. The van der Waals surface area contributed by atoms with Crippen molar-refractivity contribution in [2.75, 3.05) is 0 Å². The minimum Gasteiger partial charge on any atom is -0.270 e. The lowest BCUT2D eigenvalue weighted by Gasteiger charge is -2.07. The van der Waals surface area contributed by atoms with E-state index in [1.807, 2.05) is 0 Å². The molecule has 0 saturated carbocycles. The van der Waals surface area contributed by atoms with E-state index < -0.39 is 11.9 Å². The third-order valence-corrected chi connectivity index (χ3v) is 1.39. The molecule has 0 aliphatic carbocycles. The Morgan fingerprint density at radius 1 is 1.67 bits per heavy atom. The topological polar surface area (TPSA) is 50.9 Å². The SMILES string of the molecule is C#CC(NN)c1cncc(F)c1. The van der Waals surface area contributed by atoms with Gasteiger partial charge in [0.25, 0.3) is 0 Å². The number of nitrogens with zero attached hydrogens (tertiary/aromatic N) is 1. The molecule has 3 nitrogen and oxygen atoms in total. The quantitative estimate of drug-likeness (QED) is 0.378. The van der Waals surface area contributed by atoms with Crippen molar-refractivity contribution in [3.8, 4) is 12.3 Å². The van der Waals surface area contributed by atoms with Gasteiger partial charge in [0.2, 0.25) is 0 Å². The van der Waals surface area contributed by atoms with E-state index in [2.05, 4.69) is 16.3 Å². The molecule has 0 spiro atoms. The van der Waals surface area contributed by atoms with E-state index in [9.17, 15) is 4.39 Å². The number of aromatic nitrogens is 1. The lowest BCUT2D eigenvalue weighted by molar-refractivity contribution is 0.607. The Morgan fingerprint density at radius 3 is 2.92 bits per heavy atom. The van der Waals surface area contributed by atoms with Gasteiger partial charge in [-0.1, -0.05) is 5.92 Å². The standard InChI is InChI=1S/C8H8FN3/c1-2-8(12-10)6-3-7(9)5-11-4-6/h1,3-5,8,12H,10H2. The predicted octanol–water partition coefficient (Wildman–Crippen LogP) is 0.358. The van der Waals surface area contributed by atoms with E-state index in [1.165, 1.54) is 12.3 Å². The van der Waals surface area contributed by atoms with Gasteiger partial charge in [-0.15, -0.1) is 6.42 Å². The summed E-state index contributed by atoms with van der Waals surface area (Å²) in [4.78, 5) is 3.63. The fourth-order valence-electron chi connectivity index (χ4n) is 0.827. The Bertz CT molecular complexity index is 305. The van der Waals surface area contributed by atoms with Gasteiger partial charge in [0, 0.05) is 11.8 Å². The highest BCUT2D eigenvalue weighted by Gasteiger charge is 2.05. The fraction of sp³-hybridized carbons (Fsp3) is 0.125. The summed E-state index contributed by atoms with van der Waals surface area (Å²) in [6, 6.07) is 0.797. The number of rotatable bonds is 2. The first kappa shape index (κ1) is 8.65. The van der Waals surface area contributed by atoms with Gasteiger partial charge in [-0.05, 0) is 6.07 Å². The van der Waals surface area contributed by atoms with Crippen LogP contribution in [-0.2, 0) is 0 Å². The normalized spacial score (nSPS) is 12.1. The number of halogens is 1. The van der Waals surface area contributed by atoms with Crippen LogP contribution in [0.15, 0.2) is 18.5 Å². The molecular weight excluding hydrogens is 157 g/mol. The summed E-state index contributed by atoms with van der Waals surface area (Å²) in [5.74, 6) is 7.05. The zero-order valence-electron chi connectivity index (χ0n) is 6.29. The zero-order valence-corrected chi connectivity index (χ0v) is 6.29. The van der Waals surface area contributed by atoms with Gasteiger partial charge in [-0.25, -0.2) is 9.82 Å². The molecule has 1 aromatic heterocycles. The summed E-state index contributed by atoms with van der Waals surface area (Å²) < 4.78 is 12.6. The largest absolute Gasteiger partial charge is 0.270 e. The molecule has 4 heteroatoms. The highest BCUT2D eigenvalue weighted by Crippen LogP contribution is 2.09. The number of nitrogens with one attached hydrogen (secondary N) is 1. The lowest BCUT2D eigenvalue weighted by Crippen LogP contribution is -2.26. The minimum absolute atomic E-state index is 0.428. The molecule has 12 heavy (non-hydrogen) atoms. The summed E-state index contributed by atoms with van der Waals surface area (Å²) in [6.45, 7) is 0. The van der Waals surface area contributed by atoms with Crippen molar-refractivity contribution in [3.63, 3.8) is 0 Å². The first-order valence-electron chi connectivity index (χ1n) is 3.30. The van der Waals surface area contributed by atoms with Gasteiger partial charge in [0.05, 0.1) is 6.20 Å². The van der Waals surface area contributed by atoms with Crippen molar-refractivity contribution in [3.05, 3.63) is 29.8 Å². The highest BCUT2D eigenvalue weighted by atomic mass is 19.1. The van der Waals surface area contributed by atoms with E-state index in [0.717, 1.165) is 6.20 Å². The Balaban J connectivity index is 2.95. The lowest BCUT2D eigenvalue weighted by atomic mass is 10.1. The van der Waals surface area contributed by atoms with Crippen molar-refractivity contribution in [2.45, 2.75) is 6.04 Å². The molecule has 1 rings (SSSR count). The molecule has 0 aromatic carbocycles. The smallest absolute Gasteiger partial charge is 0.141 e. The molecule has 3 N–H and O–H groups in total. The molecule has 0 radical (unpaired) electrons. The maximum absolute atomic E-state index is 12.6. The highest BCUT2D eigenvalue weighted by molar-refractivity contribution is 5.22. The van der Waals surface area contributed by atoms with Crippen molar-refractivity contribution in [1.82, 2.24) is 10.4 Å². The number of nitrogens with two attached hydrogens (primary N) is 1. The number of hydrogen-bond donors (Lipinski definition) is 2. The first-order valence-corrected chi connectivity index (χ1v) is 3.30. The van der Waals surface area contributed by atoms with Crippen LogP contribution in [0.5, 0.6) is 0 Å². The zero-order chi connectivity index (χ0) is 8.97. The summed E-state index contributed by atoms with van der Waals surface area (Å²) in [5, 5.41) is 0. The molecule has 1 unspecified atom stereocenters. The van der Waals surface area contributed by atoms with Crippen LogP contribution in [0.1, 0.15) is 11.6 Å². The third kappa shape index (κ3) is 1.78. The van der Waals surface area contributed by atoms with Gasteiger partial charge in [0.15, 0.2) is 0 Å². The predicted molar refractivity (Wildman–Crippen MR) is 43.1 cm³/mol. The molecule has 1 aromatic rings. The number of pyridine rings is 1. The molecule has 0 amide bonds. The summed E-state index contributed by atoms with van der Waals surface area (Å²) in [6.07, 6.45) is 7.69. The molecule has 0 aliphatic heterocycles. The van der Waals surface area contributed by atoms with Crippen LogP contribution in [0.3, 0.4) is 0 Å². The van der Waals surface area contributed by atoms with Crippen LogP contribution < -0.4 is 11.3 Å². The van der Waals surface area contributed by atoms with E-state index in [1.54, 1.807) is 0 Å². The molecule has 1 atom stereocenters. The Labute approximate surface area is 69.8 Å². The van der Waals surface area contributed by atoms with Crippen molar-refractivity contribution in [1.29, 1.82) is 0 Å². The van der Waals surface area contributed by atoms with Gasteiger partial charge in [-0.3, -0.25) is 10.8 Å². The van der Waals surface area contributed by atoms with Gasteiger partial charge < -0.3 is 0 Å². The summed E-state index contributed by atoms with van der Waals surface area (Å²) >= 11 is 0. The van der Waals surface area contributed by atoms with Crippen LogP contribution in [-0.4, -0.2) is 4.98 Å². The van der Waals surface area contributed by atoms with Crippen LogP contribution in [0.2, 0.25) is 0 Å². The molecule has 1 heterocycles. The Morgan fingerprint density at radius 2 is 2.42 bits per heavy atom. The summed E-state index contributed by atoms with van der Waals surface area (Å²) in [5.41, 5.74) is 2.89. The monoisotopic (exact) mass is 165 g/mol. The molecule has 0 bridgehead atoms. The van der Waals surface area contributed by atoms with Gasteiger partial charge >= 0.3 is 0 Å². The van der Waals surface area contributed by atoms with Crippen LogP contribution in [0, 0.1) is 18.2 Å². The molecule has 62 valence electrons. The average molecular weight is 165 g/mol. The third-order valence-electron chi connectivity index (χ3n) is 1.39. The maximum atomic E-state index is 12.6. The van der Waals surface area contributed by atoms with Gasteiger partial charge in [0.1, 0.15) is 11.9 Å². The Kier molecular flexibility index (Phi) is 2.75. The van der Waals surface area contributed by atoms with Crippen LogP contribution in [0.4, 0.5) is 4.39 Å². The first-order chi connectivity index (χ1) is 5.77. The van der Waals surface area contributed by atoms with Crippen LogP contribution >= 0.6 is 0 Å². The fourth-order valence-corrected chi connectivity index (χ4v) is 0.827. The van der Waals surface area contributed by atoms with Crippen LogP contribution in [0.25, 0.3) is 0 Å². The van der Waals surface area contributed by atoms with Gasteiger partial charge in [-0.2, -0.15) is 0 Å². The second-order valence-corrected chi connectivity index (χ2v) is 2.20.